The molecule has 1 fully saturated rings. The number of ether oxygens (including phenoxy) is 3. The third-order valence-corrected chi connectivity index (χ3v) is 6.80. The zero-order chi connectivity index (χ0) is 25.7. The lowest BCUT2D eigenvalue weighted by Gasteiger charge is -2.37. The number of nitrogens with zero attached hydrogens (tertiary/aromatic N) is 2. The van der Waals surface area contributed by atoms with Crippen molar-refractivity contribution < 1.29 is 23.8 Å². The first-order chi connectivity index (χ1) is 17.5. The average Bonchev–Trinajstić information content (AvgIpc) is 3.36. The Kier molecular flexibility index (Phi) is 8.28. The van der Waals surface area contributed by atoms with Crippen molar-refractivity contribution in [3.8, 4) is 5.75 Å². The molecule has 0 spiro atoms. The van der Waals surface area contributed by atoms with Crippen LogP contribution >= 0.6 is 0 Å². The number of piperazine rings is 1. The van der Waals surface area contributed by atoms with Crippen LogP contribution in [0.4, 0.5) is 4.79 Å². The van der Waals surface area contributed by atoms with Crippen molar-refractivity contribution >= 4 is 23.0 Å². The smallest absolute Gasteiger partial charge is 0.418 e. The molecule has 1 saturated heterocycles. The lowest BCUT2D eigenvalue weighted by Crippen LogP contribution is -2.45. The zero-order valence-corrected chi connectivity index (χ0v) is 21.5. The Morgan fingerprint density at radius 1 is 1.14 bits per heavy atom. The molecule has 0 aliphatic carbocycles. The fraction of sp³-hybridized carbons (Fsp3) is 0.429. The Labute approximate surface area is 212 Å². The second-order valence-corrected chi connectivity index (χ2v) is 9.09. The van der Waals surface area contributed by atoms with Crippen LogP contribution < -0.4 is 10.1 Å². The SMILES string of the molecule is CCCCOC(=O)n1ccc2c(CN3CCNCC3c3ccc(C(=O)OC)cc3)c(OC)cc(C)c21. The summed E-state index contributed by atoms with van der Waals surface area (Å²) in [6.07, 6.45) is 3.24. The van der Waals surface area contributed by atoms with E-state index in [0.29, 0.717) is 18.7 Å². The minimum Gasteiger partial charge on any atom is -0.496 e. The summed E-state index contributed by atoms with van der Waals surface area (Å²) in [5.41, 5.74) is 4.50. The van der Waals surface area contributed by atoms with Gasteiger partial charge >= 0.3 is 12.1 Å². The van der Waals surface area contributed by atoms with Crippen molar-refractivity contribution in [1.82, 2.24) is 14.8 Å². The molecule has 1 unspecified atom stereocenters. The zero-order valence-electron chi connectivity index (χ0n) is 21.5. The van der Waals surface area contributed by atoms with Crippen molar-refractivity contribution in [3.05, 3.63) is 64.8 Å². The molecule has 2 heterocycles. The monoisotopic (exact) mass is 493 g/mol. The van der Waals surface area contributed by atoms with Gasteiger partial charge in [-0.15, -0.1) is 0 Å². The van der Waals surface area contributed by atoms with Crippen LogP contribution in [0.3, 0.4) is 0 Å². The summed E-state index contributed by atoms with van der Waals surface area (Å²) in [6.45, 7) is 7.63. The van der Waals surface area contributed by atoms with E-state index in [1.165, 1.54) is 7.11 Å². The number of fused-ring (bicyclic) bond motifs is 1. The fourth-order valence-corrected chi connectivity index (χ4v) is 4.86. The third-order valence-electron chi connectivity index (χ3n) is 6.80. The number of aryl methyl sites for hydroxylation is 1. The average molecular weight is 494 g/mol. The molecule has 2 aromatic carbocycles. The number of benzene rings is 2. The highest BCUT2D eigenvalue weighted by atomic mass is 16.5. The summed E-state index contributed by atoms with van der Waals surface area (Å²) >= 11 is 0. The Hall–Kier alpha value is -3.36. The number of hydrogen-bond donors (Lipinski definition) is 1. The molecule has 4 rings (SSSR count). The maximum Gasteiger partial charge on any atom is 0.418 e. The second kappa shape index (κ2) is 11.6. The third kappa shape index (κ3) is 5.24. The summed E-state index contributed by atoms with van der Waals surface area (Å²) in [4.78, 5) is 27.1. The summed E-state index contributed by atoms with van der Waals surface area (Å²) in [7, 11) is 3.07. The van der Waals surface area contributed by atoms with Gasteiger partial charge in [0, 0.05) is 49.4 Å². The van der Waals surface area contributed by atoms with Gasteiger partial charge in [0.15, 0.2) is 0 Å². The molecule has 36 heavy (non-hydrogen) atoms. The van der Waals surface area contributed by atoms with Gasteiger partial charge in [-0.05, 0) is 48.7 Å². The van der Waals surface area contributed by atoms with Gasteiger partial charge in [-0.1, -0.05) is 25.5 Å². The lowest BCUT2D eigenvalue weighted by atomic mass is 9.99. The van der Waals surface area contributed by atoms with Gasteiger partial charge in [0.25, 0.3) is 0 Å². The van der Waals surface area contributed by atoms with Crippen molar-refractivity contribution in [2.75, 3.05) is 40.5 Å². The van der Waals surface area contributed by atoms with Crippen LogP contribution in [0.25, 0.3) is 10.9 Å². The topological polar surface area (TPSA) is 82.0 Å². The Balaban J connectivity index is 1.66. The van der Waals surface area contributed by atoms with Crippen LogP contribution in [0.1, 0.15) is 52.9 Å². The number of aromatic nitrogens is 1. The van der Waals surface area contributed by atoms with Gasteiger partial charge in [0.05, 0.1) is 31.9 Å². The van der Waals surface area contributed by atoms with E-state index in [2.05, 4.69) is 17.1 Å². The number of rotatable bonds is 8. The number of carbonyl (C=O) groups is 2. The van der Waals surface area contributed by atoms with Gasteiger partial charge in [0.2, 0.25) is 0 Å². The summed E-state index contributed by atoms with van der Waals surface area (Å²) in [6, 6.07) is 11.7. The van der Waals surface area contributed by atoms with E-state index in [4.69, 9.17) is 14.2 Å². The van der Waals surface area contributed by atoms with Crippen LogP contribution in [0.15, 0.2) is 42.6 Å². The number of methoxy groups -OCH3 is 2. The lowest BCUT2D eigenvalue weighted by molar-refractivity contribution is 0.0600. The highest BCUT2D eigenvalue weighted by molar-refractivity contribution is 5.95. The predicted octanol–water partition coefficient (Wildman–Crippen LogP) is 4.68. The van der Waals surface area contributed by atoms with E-state index in [1.807, 2.05) is 43.3 Å². The van der Waals surface area contributed by atoms with E-state index < -0.39 is 0 Å². The van der Waals surface area contributed by atoms with E-state index in [0.717, 1.165) is 65.8 Å². The Morgan fingerprint density at radius 3 is 2.61 bits per heavy atom. The molecular weight excluding hydrogens is 458 g/mol. The van der Waals surface area contributed by atoms with E-state index in [1.54, 1.807) is 17.9 Å². The van der Waals surface area contributed by atoms with Crippen molar-refractivity contribution in [2.45, 2.75) is 39.3 Å². The van der Waals surface area contributed by atoms with Gasteiger partial charge in [-0.2, -0.15) is 0 Å². The van der Waals surface area contributed by atoms with Gasteiger partial charge < -0.3 is 19.5 Å². The molecule has 8 heteroatoms. The highest BCUT2D eigenvalue weighted by Gasteiger charge is 2.27. The first-order valence-electron chi connectivity index (χ1n) is 12.5. The first-order valence-corrected chi connectivity index (χ1v) is 12.5. The molecule has 192 valence electrons. The number of esters is 1. The minimum atomic E-state index is -0.358. The summed E-state index contributed by atoms with van der Waals surface area (Å²) < 4.78 is 17.7. The van der Waals surface area contributed by atoms with Gasteiger partial charge in [0.1, 0.15) is 5.75 Å². The molecule has 1 aliphatic rings. The first kappa shape index (κ1) is 25.7. The summed E-state index contributed by atoms with van der Waals surface area (Å²) in [5, 5.41) is 4.47. The predicted molar refractivity (Wildman–Crippen MR) is 139 cm³/mol. The Morgan fingerprint density at radius 2 is 1.92 bits per heavy atom. The largest absolute Gasteiger partial charge is 0.496 e. The van der Waals surface area contributed by atoms with Crippen molar-refractivity contribution in [2.24, 2.45) is 0 Å². The molecule has 1 N–H and O–H groups in total. The summed E-state index contributed by atoms with van der Waals surface area (Å²) in [5.74, 6) is 0.458. The molecule has 0 saturated carbocycles. The standard InChI is InChI=1S/C28H35N3O5/c1-5-6-15-36-28(33)31-13-11-22-23(25(34-3)16-19(2)26(22)31)18-30-14-12-29-17-24(30)20-7-9-21(10-8-20)27(32)35-4/h7-11,13,16,24,29H,5-6,12,14-15,17-18H2,1-4H3. The minimum absolute atomic E-state index is 0.118. The number of carbonyl (C=O) groups excluding carboxylic acids is 2. The number of hydrogen-bond acceptors (Lipinski definition) is 7. The van der Waals surface area contributed by atoms with Crippen LogP contribution in [0, 0.1) is 6.92 Å². The van der Waals surface area contributed by atoms with Crippen LogP contribution in [-0.2, 0) is 16.0 Å². The van der Waals surface area contributed by atoms with Crippen LogP contribution in [0.2, 0.25) is 0 Å². The molecule has 1 atom stereocenters. The number of unbranched alkanes of at least 4 members (excludes halogenated alkanes) is 1. The van der Waals surface area contributed by atoms with Crippen molar-refractivity contribution in [3.63, 3.8) is 0 Å². The highest BCUT2D eigenvalue weighted by Crippen LogP contribution is 2.35. The molecule has 1 aliphatic heterocycles. The maximum atomic E-state index is 12.8. The molecular formula is C28H35N3O5. The molecule has 8 nitrogen and oxygen atoms in total. The Bertz CT molecular complexity index is 1220. The molecule has 3 aromatic rings. The molecule has 0 radical (unpaired) electrons. The van der Waals surface area contributed by atoms with Crippen molar-refractivity contribution in [1.29, 1.82) is 0 Å². The second-order valence-electron chi connectivity index (χ2n) is 9.09. The number of nitrogens with one attached hydrogen (secondary N) is 1. The van der Waals surface area contributed by atoms with E-state index in [9.17, 15) is 9.59 Å². The molecule has 1 aromatic heterocycles. The fourth-order valence-electron chi connectivity index (χ4n) is 4.86. The van der Waals surface area contributed by atoms with Gasteiger partial charge in [-0.3, -0.25) is 9.47 Å². The molecule has 0 bridgehead atoms. The maximum absolute atomic E-state index is 12.8. The van der Waals surface area contributed by atoms with Crippen LogP contribution in [0.5, 0.6) is 5.75 Å². The normalized spacial score (nSPS) is 16.2. The van der Waals surface area contributed by atoms with Crippen LogP contribution in [-0.4, -0.2) is 62.0 Å². The quantitative estimate of drug-likeness (QED) is 0.361. The molecule has 0 amide bonds. The van der Waals surface area contributed by atoms with Gasteiger partial charge in [-0.25, -0.2) is 9.59 Å². The van der Waals surface area contributed by atoms with E-state index in [-0.39, 0.29) is 18.1 Å². The van der Waals surface area contributed by atoms with E-state index >= 15 is 0 Å².